The molecule has 8 heteroatoms. The normalized spacial score (nSPS) is 11.8. The molecule has 4 rings (SSSR count). The van der Waals surface area contributed by atoms with E-state index < -0.39 is 11.9 Å². The monoisotopic (exact) mass is 374 g/mol. The van der Waals surface area contributed by atoms with Crippen molar-refractivity contribution in [1.29, 1.82) is 0 Å². The van der Waals surface area contributed by atoms with Gasteiger partial charge in [0.15, 0.2) is 11.3 Å². The molecule has 0 unspecified atom stereocenters. The van der Waals surface area contributed by atoms with Crippen LogP contribution in [0.5, 0.6) is 0 Å². The van der Waals surface area contributed by atoms with Gasteiger partial charge in [0.05, 0.1) is 11.9 Å². The highest BCUT2D eigenvalue weighted by Crippen LogP contribution is 2.34. The maximum Gasteiger partial charge on any atom is 0.433 e. The van der Waals surface area contributed by atoms with Crippen molar-refractivity contribution in [2.24, 2.45) is 0 Å². The first-order chi connectivity index (χ1) is 12.4. The molecule has 3 heterocycles. The van der Waals surface area contributed by atoms with Crippen LogP contribution in [0.3, 0.4) is 0 Å². The van der Waals surface area contributed by atoms with E-state index in [9.17, 15) is 13.2 Å². The third-order valence-electron chi connectivity index (χ3n) is 3.87. The Kier molecular flexibility index (Phi) is 3.88. The number of rotatable bonds is 2. The van der Waals surface area contributed by atoms with E-state index >= 15 is 0 Å². The predicted octanol–water partition coefficient (Wildman–Crippen LogP) is 5.13. The molecule has 0 radical (unpaired) electrons. The van der Waals surface area contributed by atoms with Crippen molar-refractivity contribution in [3.05, 3.63) is 71.8 Å². The molecule has 0 saturated carbocycles. The van der Waals surface area contributed by atoms with Gasteiger partial charge in [0, 0.05) is 34.1 Å². The van der Waals surface area contributed by atoms with E-state index in [0.717, 1.165) is 10.6 Å². The molecule has 1 aromatic carbocycles. The Morgan fingerprint density at radius 3 is 2.38 bits per heavy atom. The fourth-order valence-electron chi connectivity index (χ4n) is 2.66. The van der Waals surface area contributed by atoms with Gasteiger partial charge in [-0.15, -0.1) is 0 Å². The molecule has 26 heavy (non-hydrogen) atoms. The fourth-order valence-corrected chi connectivity index (χ4v) is 2.79. The van der Waals surface area contributed by atoms with Crippen LogP contribution in [0.1, 0.15) is 5.69 Å². The summed E-state index contributed by atoms with van der Waals surface area (Å²) in [6.07, 6.45) is -0.0787. The highest BCUT2D eigenvalue weighted by Gasteiger charge is 2.35. The Hall–Kier alpha value is -2.93. The van der Waals surface area contributed by atoms with Crippen molar-refractivity contribution >= 4 is 17.2 Å². The maximum atomic E-state index is 13.6. The van der Waals surface area contributed by atoms with Gasteiger partial charge in [-0.3, -0.25) is 4.98 Å². The highest BCUT2D eigenvalue weighted by molar-refractivity contribution is 6.30. The third kappa shape index (κ3) is 2.90. The molecule has 0 amide bonds. The SMILES string of the molecule is FC(F)(F)c1cc(-c2ccc(Cl)cc2)nc2c(-c3cccnc3)cnn12. The third-order valence-corrected chi connectivity index (χ3v) is 4.13. The van der Waals surface area contributed by atoms with Crippen molar-refractivity contribution < 1.29 is 13.2 Å². The first-order valence-corrected chi connectivity index (χ1v) is 7.93. The number of alkyl halides is 3. The molecule has 4 nitrogen and oxygen atoms in total. The van der Waals surface area contributed by atoms with Crippen LogP contribution < -0.4 is 0 Å². The van der Waals surface area contributed by atoms with Gasteiger partial charge in [0.2, 0.25) is 0 Å². The van der Waals surface area contributed by atoms with Crippen molar-refractivity contribution in [2.75, 3.05) is 0 Å². The molecule has 0 aliphatic heterocycles. The molecule has 0 aliphatic carbocycles. The van der Waals surface area contributed by atoms with Gasteiger partial charge in [-0.05, 0) is 24.3 Å². The van der Waals surface area contributed by atoms with Crippen LogP contribution in [0.25, 0.3) is 28.0 Å². The van der Waals surface area contributed by atoms with Crippen LogP contribution in [0.4, 0.5) is 13.2 Å². The lowest BCUT2D eigenvalue weighted by Gasteiger charge is -2.11. The predicted molar refractivity (Wildman–Crippen MR) is 91.7 cm³/mol. The highest BCUT2D eigenvalue weighted by atomic mass is 35.5. The number of hydrogen-bond acceptors (Lipinski definition) is 3. The van der Waals surface area contributed by atoms with Crippen LogP contribution in [0.2, 0.25) is 5.02 Å². The fraction of sp³-hybridized carbons (Fsp3) is 0.0556. The molecular formula is C18H10ClF3N4. The zero-order valence-corrected chi connectivity index (χ0v) is 13.8. The van der Waals surface area contributed by atoms with Gasteiger partial charge >= 0.3 is 6.18 Å². The summed E-state index contributed by atoms with van der Waals surface area (Å²) >= 11 is 5.86. The average molecular weight is 375 g/mol. The number of fused-ring (bicyclic) bond motifs is 1. The Morgan fingerprint density at radius 1 is 0.962 bits per heavy atom. The van der Waals surface area contributed by atoms with Gasteiger partial charge in [0.25, 0.3) is 0 Å². The van der Waals surface area contributed by atoms with Crippen molar-refractivity contribution in [3.8, 4) is 22.4 Å². The molecule has 130 valence electrons. The van der Waals surface area contributed by atoms with Crippen molar-refractivity contribution in [1.82, 2.24) is 19.6 Å². The maximum absolute atomic E-state index is 13.6. The summed E-state index contributed by atoms with van der Waals surface area (Å²) < 4.78 is 41.5. The minimum absolute atomic E-state index is 0.109. The zero-order valence-electron chi connectivity index (χ0n) is 13.1. The summed E-state index contributed by atoms with van der Waals surface area (Å²) in [6, 6.07) is 10.9. The van der Waals surface area contributed by atoms with Crippen LogP contribution in [-0.4, -0.2) is 19.6 Å². The molecular weight excluding hydrogens is 365 g/mol. The van der Waals surface area contributed by atoms with E-state index in [1.54, 1.807) is 48.8 Å². The molecule has 0 bridgehead atoms. The minimum Gasteiger partial charge on any atom is -0.264 e. The second-order valence-electron chi connectivity index (χ2n) is 5.57. The zero-order chi connectivity index (χ0) is 18.3. The summed E-state index contributed by atoms with van der Waals surface area (Å²) in [6.45, 7) is 0. The van der Waals surface area contributed by atoms with Gasteiger partial charge in [0.1, 0.15) is 0 Å². The van der Waals surface area contributed by atoms with Gasteiger partial charge in [-0.25, -0.2) is 9.50 Å². The topological polar surface area (TPSA) is 43.1 Å². The minimum atomic E-state index is -4.58. The van der Waals surface area contributed by atoms with Crippen LogP contribution in [-0.2, 0) is 6.18 Å². The molecule has 0 aliphatic rings. The Labute approximate surface area is 150 Å². The lowest BCUT2D eigenvalue weighted by atomic mass is 10.1. The molecule has 0 spiro atoms. The summed E-state index contributed by atoms with van der Waals surface area (Å²) in [4.78, 5) is 8.42. The largest absolute Gasteiger partial charge is 0.433 e. The molecule has 0 N–H and O–H groups in total. The van der Waals surface area contributed by atoms with E-state index in [1.165, 1.54) is 6.20 Å². The van der Waals surface area contributed by atoms with Crippen LogP contribution >= 0.6 is 11.6 Å². The molecule has 3 aromatic heterocycles. The first kappa shape index (κ1) is 16.5. The van der Waals surface area contributed by atoms with Gasteiger partial charge in [-0.1, -0.05) is 29.8 Å². The molecule has 4 aromatic rings. The van der Waals surface area contributed by atoms with E-state index in [2.05, 4.69) is 15.1 Å². The quantitative estimate of drug-likeness (QED) is 0.488. The van der Waals surface area contributed by atoms with Crippen LogP contribution in [0, 0.1) is 0 Å². The van der Waals surface area contributed by atoms with E-state index in [4.69, 9.17) is 11.6 Å². The van der Waals surface area contributed by atoms with Crippen molar-refractivity contribution in [2.45, 2.75) is 6.18 Å². The van der Waals surface area contributed by atoms with E-state index in [0.29, 0.717) is 21.7 Å². The number of halogens is 4. The molecule has 0 saturated heterocycles. The summed E-state index contributed by atoms with van der Waals surface area (Å²) in [5.41, 5.74) is 1.03. The second-order valence-corrected chi connectivity index (χ2v) is 6.00. The van der Waals surface area contributed by atoms with Gasteiger partial charge < -0.3 is 0 Å². The Bertz CT molecular complexity index is 1070. The average Bonchev–Trinajstić information content (AvgIpc) is 3.05. The Balaban J connectivity index is 2.01. The standard InChI is InChI=1S/C18H10ClF3N4/c19-13-5-3-11(4-6-13)15-8-16(18(20,21)22)26-17(25-15)14(10-24-26)12-2-1-7-23-9-12/h1-10H. The number of pyridine rings is 1. The number of aromatic nitrogens is 4. The second kappa shape index (κ2) is 6.10. The summed E-state index contributed by atoms with van der Waals surface area (Å²) in [5.74, 6) is 0. The lowest BCUT2D eigenvalue weighted by molar-refractivity contribution is -0.142. The van der Waals surface area contributed by atoms with Crippen LogP contribution in [0.15, 0.2) is 61.1 Å². The first-order valence-electron chi connectivity index (χ1n) is 7.56. The summed E-state index contributed by atoms with van der Waals surface area (Å²) in [5, 5.41) is 4.39. The Morgan fingerprint density at radius 2 is 1.73 bits per heavy atom. The van der Waals surface area contributed by atoms with E-state index in [-0.39, 0.29) is 11.3 Å². The molecule has 0 atom stereocenters. The molecule has 0 fully saturated rings. The smallest absolute Gasteiger partial charge is 0.264 e. The lowest BCUT2D eigenvalue weighted by Crippen LogP contribution is -2.13. The van der Waals surface area contributed by atoms with E-state index in [1.807, 2.05) is 0 Å². The number of benzene rings is 1. The number of hydrogen-bond donors (Lipinski definition) is 0. The van der Waals surface area contributed by atoms with Gasteiger partial charge in [-0.2, -0.15) is 18.3 Å². The summed E-state index contributed by atoms with van der Waals surface area (Å²) in [7, 11) is 0. The van der Waals surface area contributed by atoms with Crippen molar-refractivity contribution in [3.63, 3.8) is 0 Å². The number of nitrogens with zero attached hydrogens (tertiary/aromatic N) is 4.